The molecule has 1 N–H and O–H groups in total. The summed E-state index contributed by atoms with van der Waals surface area (Å²) in [5.41, 5.74) is 0.887. The Kier molecular flexibility index (Phi) is 7.15. The van der Waals surface area contributed by atoms with Crippen LogP contribution in [0.1, 0.15) is 6.42 Å². The van der Waals surface area contributed by atoms with E-state index in [4.69, 9.17) is 4.74 Å². The quantitative estimate of drug-likeness (QED) is 0.510. The molecule has 0 unspecified atom stereocenters. The van der Waals surface area contributed by atoms with E-state index in [0.717, 1.165) is 0 Å². The summed E-state index contributed by atoms with van der Waals surface area (Å²) in [5.74, 6) is -0.630. The second kappa shape index (κ2) is 9.99. The predicted octanol–water partition coefficient (Wildman–Crippen LogP) is 3.20. The number of nitro groups is 1. The molecule has 0 aliphatic carbocycles. The molecule has 0 saturated carbocycles. The number of methoxy groups -OCH3 is 1. The molecule has 156 valence electrons. The lowest BCUT2D eigenvalue weighted by atomic mass is 10.2. The van der Waals surface area contributed by atoms with Crippen LogP contribution < -0.4 is 5.32 Å². The molecule has 2 aromatic carbocycles. The van der Waals surface area contributed by atoms with E-state index in [0.29, 0.717) is 29.7 Å². The molecule has 1 heterocycles. The largest absolute Gasteiger partial charge is 0.383 e. The highest BCUT2D eigenvalue weighted by atomic mass is 32.2. The van der Waals surface area contributed by atoms with Gasteiger partial charge in [-0.2, -0.15) is 0 Å². The van der Waals surface area contributed by atoms with Crippen molar-refractivity contribution in [1.82, 2.24) is 4.90 Å². The Balaban J connectivity index is 1.71. The molecule has 30 heavy (non-hydrogen) atoms. The number of nitrogens with one attached hydrogen (secondary N) is 1. The van der Waals surface area contributed by atoms with E-state index >= 15 is 0 Å². The summed E-state index contributed by atoms with van der Waals surface area (Å²) in [7, 11) is 1.55. The van der Waals surface area contributed by atoms with Gasteiger partial charge in [0.2, 0.25) is 11.8 Å². The lowest BCUT2D eigenvalue weighted by molar-refractivity contribution is -0.384. The van der Waals surface area contributed by atoms with Gasteiger partial charge in [-0.3, -0.25) is 24.6 Å². The molecular weight excluding hydrogens is 408 g/mol. The molecule has 1 aliphatic heterocycles. The van der Waals surface area contributed by atoms with Crippen molar-refractivity contribution in [2.75, 3.05) is 25.6 Å². The van der Waals surface area contributed by atoms with E-state index in [1.54, 1.807) is 13.2 Å². The number of para-hydroxylation sites is 1. The van der Waals surface area contributed by atoms with Gasteiger partial charge in [-0.15, -0.1) is 0 Å². The third kappa shape index (κ3) is 5.43. The predicted molar refractivity (Wildman–Crippen MR) is 115 cm³/mol. The summed E-state index contributed by atoms with van der Waals surface area (Å²) in [6, 6.07) is 14.9. The minimum atomic E-state index is -0.636. The number of amidine groups is 1. The maximum absolute atomic E-state index is 12.8. The maximum atomic E-state index is 12.8. The molecule has 1 saturated heterocycles. The molecule has 2 amide bonds. The van der Waals surface area contributed by atoms with Crippen LogP contribution in [0.25, 0.3) is 0 Å². The van der Waals surface area contributed by atoms with Crippen molar-refractivity contribution in [1.29, 1.82) is 0 Å². The fourth-order valence-electron chi connectivity index (χ4n) is 2.80. The van der Waals surface area contributed by atoms with Gasteiger partial charge in [0, 0.05) is 31.4 Å². The molecule has 3 rings (SSSR count). The Hall–Kier alpha value is -3.24. The highest BCUT2D eigenvalue weighted by Crippen LogP contribution is 2.31. The van der Waals surface area contributed by atoms with Crippen molar-refractivity contribution in [3.8, 4) is 0 Å². The lowest BCUT2D eigenvalue weighted by Crippen LogP contribution is -2.35. The summed E-state index contributed by atoms with van der Waals surface area (Å²) in [4.78, 5) is 41.7. The number of hydrogen-bond acceptors (Lipinski definition) is 7. The van der Waals surface area contributed by atoms with Gasteiger partial charge in [0.25, 0.3) is 5.69 Å². The highest BCUT2D eigenvalue weighted by Gasteiger charge is 2.39. The van der Waals surface area contributed by atoms with Crippen LogP contribution in [0, 0.1) is 10.1 Å². The standard InChI is InChI=1S/C20H20N4O5S/c1-29-11-10-23-19(26)17(30-20(23)22-14-6-3-2-4-7-14)13-18(25)21-15-8-5-9-16(12-15)24(27)28/h2-9,12,17H,10-11,13H2,1H3,(H,21,25)/t17-/m1/s1. The van der Waals surface area contributed by atoms with Crippen molar-refractivity contribution in [2.24, 2.45) is 4.99 Å². The number of nitro benzene ring substituents is 1. The first-order valence-electron chi connectivity index (χ1n) is 9.13. The summed E-state index contributed by atoms with van der Waals surface area (Å²) in [6.45, 7) is 0.670. The van der Waals surface area contributed by atoms with Crippen LogP contribution in [0.15, 0.2) is 59.6 Å². The molecule has 0 radical (unpaired) electrons. The SMILES string of the molecule is COCCN1C(=O)[C@@H](CC(=O)Nc2cccc([N+](=O)[O-])c2)SC1=Nc1ccccc1. The van der Waals surface area contributed by atoms with Gasteiger partial charge >= 0.3 is 0 Å². The van der Waals surface area contributed by atoms with Crippen LogP contribution >= 0.6 is 11.8 Å². The van der Waals surface area contributed by atoms with Gasteiger partial charge < -0.3 is 10.1 Å². The van der Waals surface area contributed by atoms with E-state index in [1.165, 1.54) is 34.9 Å². The number of rotatable bonds is 8. The molecule has 1 fully saturated rings. The second-order valence-corrected chi connectivity index (χ2v) is 7.55. The van der Waals surface area contributed by atoms with E-state index < -0.39 is 16.1 Å². The summed E-state index contributed by atoms with van der Waals surface area (Å²) >= 11 is 1.22. The van der Waals surface area contributed by atoms with Crippen LogP contribution in [-0.4, -0.2) is 52.3 Å². The van der Waals surface area contributed by atoms with Crippen LogP contribution in [0.4, 0.5) is 17.1 Å². The van der Waals surface area contributed by atoms with Gasteiger partial charge in [0.1, 0.15) is 5.25 Å². The van der Waals surface area contributed by atoms with Gasteiger partial charge in [-0.25, -0.2) is 4.99 Å². The Bertz CT molecular complexity index is 967. The molecule has 9 nitrogen and oxygen atoms in total. The normalized spacial score (nSPS) is 17.4. The van der Waals surface area contributed by atoms with Crippen LogP contribution in [0.5, 0.6) is 0 Å². The number of non-ortho nitro benzene ring substituents is 1. The fourth-order valence-corrected chi connectivity index (χ4v) is 3.99. The molecule has 1 aliphatic rings. The van der Waals surface area contributed by atoms with E-state index in [1.807, 2.05) is 30.3 Å². The smallest absolute Gasteiger partial charge is 0.271 e. The number of hydrogen-bond donors (Lipinski definition) is 1. The molecule has 0 bridgehead atoms. The minimum absolute atomic E-state index is 0.0799. The fraction of sp³-hybridized carbons (Fsp3) is 0.250. The molecule has 0 aromatic heterocycles. The average Bonchev–Trinajstić information content (AvgIpc) is 3.01. The van der Waals surface area contributed by atoms with E-state index in [9.17, 15) is 19.7 Å². The Morgan fingerprint density at radius 1 is 1.27 bits per heavy atom. The van der Waals surface area contributed by atoms with Crippen molar-refractivity contribution in [2.45, 2.75) is 11.7 Å². The summed E-state index contributed by atoms with van der Waals surface area (Å²) in [6.07, 6.45) is -0.0799. The molecule has 2 aromatic rings. The van der Waals surface area contributed by atoms with Gasteiger partial charge in [0.15, 0.2) is 5.17 Å². The van der Waals surface area contributed by atoms with Crippen molar-refractivity contribution >= 4 is 45.8 Å². The average molecular weight is 428 g/mol. The zero-order valence-electron chi connectivity index (χ0n) is 16.2. The van der Waals surface area contributed by atoms with Crippen molar-refractivity contribution in [3.63, 3.8) is 0 Å². The van der Waals surface area contributed by atoms with Crippen LogP contribution in [-0.2, 0) is 14.3 Å². The van der Waals surface area contributed by atoms with Gasteiger partial charge in [-0.05, 0) is 18.2 Å². The number of benzene rings is 2. The van der Waals surface area contributed by atoms with Gasteiger partial charge in [-0.1, -0.05) is 36.0 Å². The number of nitrogens with zero attached hydrogens (tertiary/aromatic N) is 3. The zero-order chi connectivity index (χ0) is 21.5. The van der Waals surface area contributed by atoms with E-state index in [2.05, 4.69) is 10.3 Å². The first-order chi connectivity index (χ1) is 14.5. The molecular formula is C20H20N4O5S. The maximum Gasteiger partial charge on any atom is 0.271 e. The van der Waals surface area contributed by atoms with Crippen molar-refractivity contribution < 1.29 is 19.2 Å². The van der Waals surface area contributed by atoms with E-state index in [-0.39, 0.29) is 18.0 Å². The Morgan fingerprint density at radius 3 is 2.73 bits per heavy atom. The number of thioether (sulfide) groups is 1. The first-order valence-corrected chi connectivity index (χ1v) is 10.0. The second-order valence-electron chi connectivity index (χ2n) is 6.38. The van der Waals surface area contributed by atoms with Crippen molar-refractivity contribution in [3.05, 3.63) is 64.7 Å². The number of amides is 2. The molecule has 10 heteroatoms. The number of carbonyl (C=O) groups excluding carboxylic acids is 2. The third-order valence-electron chi connectivity index (χ3n) is 4.23. The first kappa shape index (κ1) is 21.5. The van der Waals surface area contributed by atoms with Crippen LogP contribution in [0.2, 0.25) is 0 Å². The summed E-state index contributed by atoms with van der Waals surface area (Å²) < 4.78 is 5.08. The van der Waals surface area contributed by atoms with Crippen LogP contribution in [0.3, 0.4) is 0 Å². The highest BCUT2D eigenvalue weighted by molar-refractivity contribution is 8.15. The topological polar surface area (TPSA) is 114 Å². The zero-order valence-corrected chi connectivity index (χ0v) is 17.0. The number of aliphatic imine (C=N–C) groups is 1. The Morgan fingerprint density at radius 2 is 2.03 bits per heavy atom. The summed E-state index contributed by atoms with van der Waals surface area (Å²) in [5, 5.41) is 13.4. The number of carbonyl (C=O) groups is 2. The lowest BCUT2D eigenvalue weighted by Gasteiger charge is -2.15. The molecule has 1 atom stereocenters. The minimum Gasteiger partial charge on any atom is -0.383 e. The third-order valence-corrected chi connectivity index (χ3v) is 5.41. The number of ether oxygens (including phenoxy) is 1. The Labute approximate surface area is 177 Å². The monoisotopic (exact) mass is 428 g/mol. The number of anilines is 1. The van der Waals surface area contributed by atoms with Gasteiger partial charge in [0.05, 0.1) is 23.8 Å². The molecule has 0 spiro atoms.